The van der Waals surface area contributed by atoms with Crippen molar-refractivity contribution in [3.05, 3.63) is 54.1 Å². The Bertz CT molecular complexity index is 1110. The highest BCUT2D eigenvalue weighted by atomic mass is 35.5. The first-order valence-corrected chi connectivity index (χ1v) is 14.4. The number of benzene rings is 1. The van der Waals surface area contributed by atoms with E-state index < -0.39 is 34.6 Å². The number of aryl methyl sites for hydroxylation is 1. The molecule has 2 bridgehead atoms. The van der Waals surface area contributed by atoms with Gasteiger partial charge in [0.1, 0.15) is 12.6 Å². The molecule has 3 aliphatic heterocycles. The Hall–Kier alpha value is -2.29. The summed E-state index contributed by atoms with van der Waals surface area (Å²) in [6, 6.07) is 4.04. The Labute approximate surface area is 234 Å². The predicted octanol–water partition coefficient (Wildman–Crippen LogP) is 4.39. The minimum absolute atomic E-state index is 0.0677. The summed E-state index contributed by atoms with van der Waals surface area (Å²) in [5, 5.41) is 10.8. The van der Waals surface area contributed by atoms with Crippen LogP contribution in [0.25, 0.3) is 0 Å². The van der Waals surface area contributed by atoms with E-state index in [9.17, 15) is 19.5 Å². The van der Waals surface area contributed by atoms with E-state index in [1.807, 2.05) is 32.9 Å². The monoisotopic (exact) mass is 560 g/mol. The second-order valence-electron chi connectivity index (χ2n) is 10.8. The summed E-state index contributed by atoms with van der Waals surface area (Å²) in [6.45, 7) is 13.4. The Morgan fingerprint density at radius 1 is 1.34 bits per heavy atom. The first-order valence-electron chi connectivity index (χ1n) is 13.2. The van der Waals surface area contributed by atoms with Crippen molar-refractivity contribution in [3.63, 3.8) is 0 Å². The number of halogens is 1. The van der Waals surface area contributed by atoms with Gasteiger partial charge < -0.3 is 19.6 Å². The summed E-state index contributed by atoms with van der Waals surface area (Å²) in [7, 11) is 0. The van der Waals surface area contributed by atoms with Gasteiger partial charge >= 0.3 is 5.97 Å². The number of nitrogens with zero attached hydrogens (tertiary/aromatic N) is 2. The number of amides is 2. The smallest absolute Gasteiger partial charge is 0.311 e. The van der Waals surface area contributed by atoms with Gasteiger partial charge in [0.15, 0.2) is 0 Å². The molecular formula is C29H37ClN2O5S. The number of carbonyl (C=O) groups excluding carboxylic acids is 3. The number of fused-ring (bicyclic) bond motifs is 1. The molecule has 0 aliphatic carbocycles. The number of likely N-dealkylation sites (tertiary alicyclic amines) is 1. The molecule has 1 N–H and O–H groups in total. The molecule has 2 amide bonds. The summed E-state index contributed by atoms with van der Waals surface area (Å²) in [5.74, 6) is -2.11. The van der Waals surface area contributed by atoms with Gasteiger partial charge in [-0.25, -0.2) is 0 Å². The lowest BCUT2D eigenvalue weighted by atomic mass is 9.71. The van der Waals surface area contributed by atoms with Crippen LogP contribution < -0.4 is 4.90 Å². The number of para-hydroxylation sites is 1. The number of esters is 1. The zero-order chi connectivity index (χ0) is 27.8. The molecule has 2 unspecified atom stereocenters. The SMILES string of the molecule is C=CCOC(=O)[C@@H]1[C@@H]2CCC3(S2)C(C(=O)N(CC=C)c2c(C)cccc2Cl)N([C@@H](CO)CC(C)C)C(=O)[C@H]13. The molecule has 9 heteroatoms. The maximum atomic E-state index is 14.7. The van der Waals surface area contributed by atoms with Crippen molar-refractivity contribution in [2.75, 3.05) is 24.7 Å². The van der Waals surface area contributed by atoms with Gasteiger partial charge in [0.2, 0.25) is 5.91 Å². The Morgan fingerprint density at radius 2 is 2.08 bits per heavy atom. The minimum atomic E-state index is -0.862. The van der Waals surface area contributed by atoms with E-state index in [1.54, 1.807) is 33.7 Å². The fraction of sp³-hybridized carbons (Fsp3) is 0.552. The first kappa shape index (κ1) is 28.7. The van der Waals surface area contributed by atoms with Crippen LogP contribution in [0.4, 0.5) is 5.69 Å². The lowest BCUT2D eigenvalue weighted by Gasteiger charge is -2.40. The normalized spacial score (nSPS) is 28.4. The van der Waals surface area contributed by atoms with Crippen molar-refractivity contribution >= 4 is 46.8 Å². The molecule has 7 nitrogen and oxygen atoms in total. The molecule has 3 saturated heterocycles. The van der Waals surface area contributed by atoms with Crippen LogP contribution in [0, 0.1) is 24.7 Å². The molecule has 206 valence electrons. The van der Waals surface area contributed by atoms with Crippen LogP contribution in [0.2, 0.25) is 5.02 Å². The number of aliphatic hydroxyl groups is 1. The van der Waals surface area contributed by atoms with E-state index in [0.717, 1.165) is 5.56 Å². The first-order chi connectivity index (χ1) is 18.1. The van der Waals surface area contributed by atoms with E-state index in [0.29, 0.717) is 30.0 Å². The number of carbonyl (C=O) groups is 3. The number of anilines is 1. The Morgan fingerprint density at radius 3 is 2.68 bits per heavy atom. The van der Waals surface area contributed by atoms with Gasteiger partial charge in [0.25, 0.3) is 5.91 Å². The van der Waals surface area contributed by atoms with Crippen LogP contribution in [-0.4, -0.2) is 69.6 Å². The average molecular weight is 561 g/mol. The highest BCUT2D eigenvalue weighted by Crippen LogP contribution is 2.67. The molecule has 6 atom stereocenters. The van der Waals surface area contributed by atoms with Gasteiger partial charge in [-0.15, -0.1) is 18.3 Å². The van der Waals surface area contributed by atoms with E-state index >= 15 is 0 Å². The van der Waals surface area contributed by atoms with Crippen LogP contribution >= 0.6 is 23.4 Å². The molecular weight excluding hydrogens is 524 g/mol. The third kappa shape index (κ3) is 4.69. The second-order valence-corrected chi connectivity index (χ2v) is 12.8. The topological polar surface area (TPSA) is 87.2 Å². The number of hydrogen-bond acceptors (Lipinski definition) is 6. The molecule has 3 fully saturated rings. The quantitative estimate of drug-likeness (QED) is 0.319. The van der Waals surface area contributed by atoms with Crippen molar-refractivity contribution in [3.8, 4) is 0 Å². The summed E-state index contributed by atoms with van der Waals surface area (Å²) >= 11 is 8.18. The second kappa shape index (κ2) is 11.4. The molecule has 4 rings (SSSR count). The molecule has 3 aliphatic rings. The van der Waals surface area contributed by atoms with Crippen LogP contribution in [0.1, 0.15) is 38.7 Å². The van der Waals surface area contributed by atoms with E-state index in [-0.39, 0.29) is 42.7 Å². The summed E-state index contributed by atoms with van der Waals surface area (Å²) in [5.41, 5.74) is 1.41. The minimum Gasteiger partial charge on any atom is -0.461 e. The van der Waals surface area contributed by atoms with Crippen LogP contribution in [0.15, 0.2) is 43.5 Å². The standard InChI is InChI=1S/C29H37ClN2O5S/c1-6-13-31(24-18(5)9-8-10-20(24)30)27(35)25-29-12-11-21(38-29)22(28(36)37-14-7-2)23(29)26(34)32(25)19(16-33)15-17(3)4/h6-10,17,19,21-23,25,33H,1-2,11-16H2,3-5H3/t19-,21+,22-,23+,25?,29?/m1/s1. The van der Waals surface area contributed by atoms with Crippen molar-refractivity contribution in [1.29, 1.82) is 0 Å². The highest BCUT2D eigenvalue weighted by Gasteiger charge is 2.74. The van der Waals surface area contributed by atoms with E-state index in [1.165, 1.54) is 6.08 Å². The number of hydrogen-bond donors (Lipinski definition) is 1. The fourth-order valence-corrected chi connectivity index (χ4v) is 9.13. The highest BCUT2D eigenvalue weighted by molar-refractivity contribution is 8.02. The molecule has 0 aromatic heterocycles. The molecule has 38 heavy (non-hydrogen) atoms. The van der Waals surface area contributed by atoms with Crippen molar-refractivity contribution in [2.24, 2.45) is 17.8 Å². The molecule has 1 aromatic rings. The maximum Gasteiger partial charge on any atom is 0.311 e. The van der Waals surface area contributed by atoms with E-state index in [4.69, 9.17) is 16.3 Å². The zero-order valence-corrected chi connectivity index (χ0v) is 23.8. The largest absolute Gasteiger partial charge is 0.461 e. The maximum absolute atomic E-state index is 14.7. The van der Waals surface area contributed by atoms with Crippen molar-refractivity contribution in [2.45, 2.75) is 62.1 Å². The van der Waals surface area contributed by atoms with Crippen LogP contribution in [-0.2, 0) is 19.1 Å². The van der Waals surface area contributed by atoms with Gasteiger partial charge in [0, 0.05) is 11.8 Å². The van der Waals surface area contributed by atoms with Gasteiger partial charge in [-0.1, -0.05) is 56.3 Å². The van der Waals surface area contributed by atoms with Gasteiger partial charge in [-0.3, -0.25) is 14.4 Å². The number of rotatable bonds is 11. The van der Waals surface area contributed by atoms with Gasteiger partial charge in [-0.05, 0) is 43.7 Å². The predicted molar refractivity (Wildman–Crippen MR) is 151 cm³/mol. The number of thioether (sulfide) groups is 1. The Balaban J connectivity index is 1.84. The van der Waals surface area contributed by atoms with E-state index in [2.05, 4.69) is 13.2 Å². The van der Waals surface area contributed by atoms with Crippen LogP contribution in [0.5, 0.6) is 0 Å². The number of aliphatic hydroxyl groups excluding tert-OH is 1. The van der Waals surface area contributed by atoms with Crippen molar-refractivity contribution in [1.82, 2.24) is 4.90 Å². The fourth-order valence-electron chi connectivity index (χ4n) is 6.62. The lowest BCUT2D eigenvalue weighted by molar-refractivity contribution is -0.153. The third-order valence-electron chi connectivity index (χ3n) is 7.97. The summed E-state index contributed by atoms with van der Waals surface area (Å²) in [6.07, 6.45) is 5.01. The lowest BCUT2D eigenvalue weighted by Crippen LogP contribution is -2.58. The average Bonchev–Trinajstić information content (AvgIpc) is 3.52. The number of ether oxygens (including phenoxy) is 1. The van der Waals surface area contributed by atoms with Gasteiger partial charge in [-0.2, -0.15) is 0 Å². The summed E-state index contributed by atoms with van der Waals surface area (Å²) < 4.78 is 4.64. The molecule has 0 radical (unpaired) electrons. The zero-order valence-electron chi connectivity index (χ0n) is 22.3. The summed E-state index contributed by atoms with van der Waals surface area (Å²) in [4.78, 5) is 45.3. The third-order valence-corrected chi connectivity index (χ3v) is 10.2. The Kier molecular flexibility index (Phi) is 8.65. The molecule has 1 spiro atoms. The molecule has 0 saturated carbocycles. The van der Waals surface area contributed by atoms with Crippen molar-refractivity contribution < 1.29 is 24.2 Å². The van der Waals surface area contributed by atoms with Gasteiger partial charge in [0.05, 0.1) is 39.9 Å². The van der Waals surface area contributed by atoms with Crippen LogP contribution in [0.3, 0.4) is 0 Å². The molecule has 1 aromatic carbocycles. The molecule has 3 heterocycles.